The summed E-state index contributed by atoms with van der Waals surface area (Å²) in [5, 5.41) is 11.2. The Hall–Kier alpha value is -6.38. The van der Waals surface area contributed by atoms with Crippen LogP contribution in [0, 0.1) is 0 Å². The van der Waals surface area contributed by atoms with E-state index in [2.05, 4.69) is 182 Å². The van der Waals surface area contributed by atoms with Crippen molar-refractivity contribution in [3.8, 4) is 16.8 Å². The molecule has 52 heavy (non-hydrogen) atoms. The quantitative estimate of drug-likeness (QED) is 0.121. The Morgan fingerprint density at radius 1 is 0.538 bits per heavy atom. The Bertz CT molecular complexity index is 2720. The van der Waals surface area contributed by atoms with Crippen molar-refractivity contribution in [2.75, 3.05) is 4.90 Å². The lowest BCUT2D eigenvalue weighted by molar-refractivity contribution is 1.07. The van der Waals surface area contributed by atoms with Gasteiger partial charge in [-0.25, -0.2) is 0 Å². The van der Waals surface area contributed by atoms with Gasteiger partial charge in [0, 0.05) is 38.7 Å². The molecule has 8 rings (SSSR count). The van der Waals surface area contributed by atoms with Gasteiger partial charge < -0.3 is 9.47 Å². The van der Waals surface area contributed by atoms with Gasteiger partial charge in [-0.2, -0.15) is 0 Å². The Kier molecular flexibility index (Phi) is 9.73. The molecule has 0 aliphatic heterocycles. The fourth-order valence-corrected chi connectivity index (χ4v) is 7.60. The van der Waals surface area contributed by atoms with Gasteiger partial charge in [-0.05, 0) is 118 Å². The number of benzene rings is 7. The summed E-state index contributed by atoms with van der Waals surface area (Å²) in [7, 11) is 0. The largest absolute Gasteiger partial charge is 0.311 e. The monoisotopic (exact) mass is 672 g/mol. The molecule has 0 aliphatic rings. The third-order valence-electron chi connectivity index (χ3n) is 9.82. The van der Waals surface area contributed by atoms with Crippen molar-refractivity contribution in [2.45, 2.75) is 27.7 Å². The zero-order valence-corrected chi connectivity index (χ0v) is 30.5. The first-order valence-electron chi connectivity index (χ1n) is 18.2. The molecule has 0 unspecified atom stereocenters. The molecule has 0 aliphatic carbocycles. The second-order valence-corrected chi connectivity index (χ2v) is 12.5. The first-order valence-corrected chi connectivity index (χ1v) is 18.2. The first kappa shape index (κ1) is 34.1. The number of para-hydroxylation sites is 2. The van der Waals surface area contributed by atoms with Crippen molar-refractivity contribution in [3.05, 3.63) is 187 Å². The average molecular weight is 673 g/mol. The second-order valence-electron chi connectivity index (χ2n) is 12.5. The smallest absolute Gasteiger partial charge is 0.0540 e. The Labute approximate surface area is 306 Å². The molecule has 0 fully saturated rings. The van der Waals surface area contributed by atoms with E-state index in [1.54, 1.807) is 0 Å². The van der Waals surface area contributed by atoms with E-state index in [0.717, 1.165) is 22.8 Å². The van der Waals surface area contributed by atoms with Crippen LogP contribution in [-0.4, -0.2) is 4.57 Å². The van der Waals surface area contributed by atoms with Gasteiger partial charge in [0.25, 0.3) is 0 Å². The lowest BCUT2D eigenvalue weighted by Crippen LogP contribution is -2.27. The van der Waals surface area contributed by atoms with Crippen molar-refractivity contribution in [1.82, 2.24) is 4.57 Å². The average Bonchev–Trinajstić information content (AvgIpc) is 3.55. The fraction of sp³-hybridized carbons (Fsp3) is 0.0800. The van der Waals surface area contributed by atoms with Crippen LogP contribution < -0.4 is 15.5 Å². The molecule has 0 spiro atoms. The molecule has 7 aromatic carbocycles. The van der Waals surface area contributed by atoms with Crippen LogP contribution in [-0.2, 0) is 0 Å². The van der Waals surface area contributed by atoms with E-state index in [0.29, 0.717) is 0 Å². The van der Waals surface area contributed by atoms with E-state index < -0.39 is 0 Å². The highest BCUT2D eigenvalue weighted by Crippen LogP contribution is 2.40. The van der Waals surface area contributed by atoms with E-state index >= 15 is 0 Å². The van der Waals surface area contributed by atoms with Crippen molar-refractivity contribution in [3.63, 3.8) is 0 Å². The zero-order valence-electron chi connectivity index (χ0n) is 30.5. The van der Waals surface area contributed by atoms with E-state index in [4.69, 9.17) is 0 Å². The maximum absolute atomic E-state index is 4.12. The van der Waals surface area contributed by atoms with Gasteiger partial charge in [0.05, 0.1) is 5.52 Å². The third-order valence-corrected chi connectivity index (χ3v) is 9.82. The van der Waals surface area contributed by atoms with E-state index in [9.17, 15) is 0 Å². The minimum absolute atomic E-state index is 0.962. The first-order chi connectivity index (χ1) is 25.6. The van der Waals surface area contributed by atoms with Crippen LogP contribution in [0.4, 0.5) is 11.4 Å². The molecular weight excluding hydrogens is 629 g/mol. The summed E-state index contributed by atoms with van der Waals surface area (Å²) in [6, 6.07) is 50.6. The van der Waals surface area contributed by atoms with E-state index in [1.807, 2.05) is 38.1 Å². The molecule has 8 aromatic rings. The van der Waals surface area contributed by atoms with Crippen LogP contribution in [0.5, 0.6) is 0 Å². The number of rotatable bonds is 7. The number of fused-ring (bicyclic) bond motifs is 7. The van der Waals surface area contributed by atoms with Crippen LogP contribution in [0.25, 0.3) is 72.2 Å². The lowest BCUT2D eigenvalue weighted by atomic mass is 9.91. The van der Waals surface area contributed by atoms with Crippen LogP contribution in [0.1, 0.15) is 27.7 Å². The molecule has 2 heteroatoms. The minimum atomic E-state index is 0.962. The molecule has 0 amide bonds. The van der Waals surface area contributed by atoms with E-state index in [-0.39, 0.29) is 0 Å². The molecule has 0 bridgehead atoms. The molecule has 0 saturated heterocycles. The number of hydrogen-bond donors (Lipinski definition) is 0. The maximum Gasteiger partial charge on any atom is 0.0540 e. The highest BCUT2D eigenvalue weighted by Gasteiger charge is 2.16. The normalized spacial score (nSPS) is 12.3. The topological polar surface area (TPSA) is 8.17 Å². The predicted molar refractivity (Wildman–Crippen MR) is 229 cm³/mol. The Morgan fingerprint density at radius 2 is 1.12 bits per heavy atom. The number of nitrogens with zero attached hydrogens (tertiary/aromatic N) is 2. The van der Waals surface area contributed by atoms with E-state index in [1.165, 1.54) is 64.9 Å². The number of anilines is 2. The van der Waals surface area contributed by atoms with Gasteiger partial charge in [0.15, 0.2) is 0 Å². The standard InChI is InChI=1S/C48H38N2.C2H6/c1-5-16-35(6-2)49(36-17-10-9-11-18-36)38-28-30-43-42-29-25-34(31-45(42)40-19-12-13-20-41(40)46(43)32-38)33-23-26-37(27-24-33)50-47(8-4)39(7-3)44-21-14-15-22-48(44)50;1-2/h5-32H,1-2H2,3-4H3;1-2H3/b35-16+,39-7-,47-8+;. The van der Waals surface area contributed by atoms with Crippen molar-refractivity contribution >= 4 is 66.7 Å². The zero-order chi connectivity index (χ0) is 36.2. The molecule has 2 nitrogen and oxygen atoms in total. The molecule has 0 radical (unpaired) electrons. The lowest BCUT2D eigenvalue weighted by Gasteiger charge is -2.27. The molecule has 0 N–H and O–H groups in total. The van der Waals surface area contributed by atoms with Gasteiger partial charge in [-0.3, -0.25) is 0 Å². The minimum Gasteiger partial charge on any atom is -0.311 e. The molecule has 1 heterocycles. The fourth-order valence-electron chi connectivity index (χ4n) is 7.60. The predicted octanol–water partition coefficient (Wildman–Crippen LogP) is 12.8. The van der Waals surface area contributed by atoms with Crippen LogP contribution in [0.2, 0.25) is 0 Å². The molecule has 0 atom stereocenters. The van der Waals surface area contributed by atoms with Crippen molar-refractivity contribution in [1.29, 1.82) is 0 Å². The number of allylic oxidation sites excluding steroid dienone is 3. The second kappa shape index (κ2) is 14.8. The van der Waals surface area contributed by atoms with Crippen LogP contribution >= 0.6 is 0 Å². The number of aromatic nitrogens is 1. The summed E-state index contributed by atoms with van der Waals surface area (Å²) in [4.78, 5) is 2.24. The van der Waals surface area contributed by atoms with Crippen molar-refractivity contribution < 1.29 is 0 Å². The van der Waals surface area contributed by atoms with Crippen LogP contribution in [0.15, 0.2) is 177 Å². The molecule has 0 saturated carbocycles. The highest BCUT2D eigenvalue weighted by atomic mass is 15.1. The van der Waals surface area contributed by atoms with Gasteiger partial charge in [-0.15, -0.1) is 0 Å². The third kappa shape index (κ3) is 5.83. The summed E-state index contributed by atoms with van der Waals surface area (Å²) < 4.78 is 2.37. The van der Waals surface area contributed by atoms with Gasteiger partial charge in [-0.1, -0.05) is 136 Å². The summed E-state index contributed by atoms with van der Waals surface area (Å²) in [6.07, 6.45) is 10.1. The number of hydrogen-bond acceptors (Lipinski definition) is 1. The summed E-state index contributed by atoms with van der Waals surface area (Å²) in [5.41, 5.74) is 7.88. The van der Waals surface area contributed by atoms with Crippen LogP contribution in [0.3, 0.4) is 0 Å². The molecule has 1 aromatic heterocycles. The summed E-state index contributed by atoms with van der Waals surface area (Å²) >= 11 is 0. The van der Waals surface area contributed by atoms with Crippen molar-refractivity contribution in [2.24, 2.45) is 0 Å². The molecule has 254 valence electrons. The Morgan fingerprint density at radius 3 is 1.75 bits per heavy atom. The van der Waals surface area contributed by atoms with Gasteiger partial charge in [0.2, 0.25) is 0 Å². The highest BCUT2D eigenvalue weighted by molar-refractivity contribution is 6.26. The maximum atomic E-state index is 4.12. The van der Waals surface area contributed by atoms with Gasteiger partial charge in [0.1, 0.15) is 0 Å². The van der Waals surface area contributed by atoms with Gasteiger partial charge >= 0.3 is 0 Å². The molecular formula is C50H44N2. The SMILES string of the molecule is C=C/C=C(\C=C)N(c1ccccc1)c1ccc2c3ccc(-c4ccc(-n5c(=C/C)/c(=C\C)c6ccccc65)cc4)cc3c3ccccc3c2c1.CC. The summed E-state index contributed by atoms with van der Waals surface area (Å²) in [5.74, 6) is 0. The Balaban J connectivity index is 0.00000207. The summed E-state index contributed by atoms with van der Waals surface area (Å²) in [6.45, 7) is 16.3.